The molecular weight excluding hydrogens is 675 g/mol. The Morgan fingerprint density at radius 2 is 0.711 bits per heavy atom. The van der Waals surface area contributed by atoms with Crippen molar-refractivity contribution in [2.45, 2.75) is 95.9 Å². The summed E-state index contributed by atoms with van der Waals surface area (Å²) >= 11 is 0. The van der Waals surface area contributed by atoms with E-state index in [1.807, 2.05) is 0 Å². The van der Waals surface area contributed by atoms with Gasteiger partial charge in [0.1, 0.15) is 18.3 Å². The number of phosphoric acid groups is 3. The third kappa shape index (κ3) is 16.5. The highest BCUT2D eigenvalue weighted by atomic mass is 31.2. The summed E-state index contributed by atoms with van der Waals surface area (Å²) in [7, 11) is -17.2. The molecule has 0 unspecified atom stereocenters. The molecule has 0 spiro atoms. The van der Waals surface area contributed by atoms with E-state index in [1.54, 1.807) is 20.8 Å². The Balaban J connectivity index is 3.88. The quantitative estimate of drug-likeness (QED) is 0.0545. The van der Waals surface area contributed by atoms with Crippen molar-refractivity contribution in [3.8, 4) is 0 Å². The minimum atomic E-state index is -5.77. The van der Waals surface area contributed by atoms with Gasteiger partial charge in [-0.3, -0.25) is 13.6 Å². The minimum Gasteiger partial charge on any atom is -0.439 e. The van der Waals surface area contributed by atoms with Gasteiger partial charge in [-0.2, -0.15) is 0 Å². The average Bonchev–Trinajstić information content (AvgIpc) is 2.88. The highest BCUT2D eigenvalue weighted by molar-refractivity contribution is 7.47. The molecule has 1 aliphatic carbocycles. The van der Waals surface area contributed by atoms with Crippen molar-refractivity contribution in [2.24, 2.45) is 0 Å². The van der Waals surface area contributed by atoms with E-state index < -0.39 is 78.4 Å². The predicted octanol–water partition coefficient (Wildman–Crippen LogP) is 1.12. The van der Waals surface area contributed by atoms with Crippen molar-refractivity contribution in [1.29, 1.82) is 0 Å². The number of amides is 3. The molecule has 0 aliphatic heterocycles. The first-order chi connectivity index (χ1) is 20.8. The first kappa shape index (κ1) is 41.2. The molecule has 0 aromatic heterocycles. The van der Waals surface area contributed by atoms with E-state index in [4.69, 9.17) is 14.2 Å². The molecule has 6 atom stereocenters. The van der Waals surface area contributed by atoms with Crippen LogP contribution in [0, 0.1) is 0 Å². The Morgan fingerprint density at radius 3 is 0.933 bits per heavy atom. The zero-order valence-corrected chi connectivity index (χ0v) is 27.4. The van der Waals surface area contributed by atoms with E-state index in [0.717, 1.165) is 0 Å². The number of rotatable bonds is 18. The van der Waals surface area contributed by atoms with Crippen LogP contribution >= 0.6 is 23.5 Å². The average molecular weight is 717 g/mol. The van der Waals surface area contributed by atoms with Gasteiger partial charge in [-0.05, 0) is 19.3 Å². The lowest BCUT2D eigenvalue weighted by atomic mass is 9.84. The van der Waals surface area contributed by atoms with Crippen molar-refractivity contribution in [2.75, 3.05) is 19.6 Å². The molecule has 0 saturated heterocycles. The first-order valence-corrected chi connectivity index (χ1v) is 18.5. The Labute approximate surface area is 258 Å². The van der Waals surface area contributed by atoms with Crippen LogP contribution in [0.25, 0.3) is 0 Å². The van der Waals surface area contributed by atoms with Gasteiger partial charge in [0.05, 0.1) is 0 Å². The van der Waals surface area contributed by atoms with Gasteiger partial charge in [0.2, 0.25) is 0 Å². The third-order valence-electron chi connectivity index (χ3n) is 5.85. The maximum atomic E-state index is 12.8. The summed E-state index contributed by atoms with van der Waals surface area (Å²) < 4.78 is 65.7. The van der Waals surface area contributed by atoms with Gasteiger partial charge >= 0.3 is 41.7 Å². The van der Waals surface area contributed by atoms with Crippen LogP contribution in [0.2, 0.25) is 0 Å². The van der Waals surface area contributed by atoms with Crippen molar-refractivity contribution in [3.05, 3.63) is 0 Å². The lowest BCUT2D eigenvalue weighted by Crippen LogP contribution is -2.68. The maximum Gasteiger partial charge on any atom is 0.470 e. The van der Waals surface area contributed by atoms with Crippen LogP contribution < -0.4 is 16.0 Å². The van der Waals surface area contributed by atoms with Crippen LogP contribution in [0.3, 0.4) is 0 Å². The van der Waals surface area contributed by atoms with E-state index in [2.05, 4.69) is 29.5 Å². The highest BCUT2D eigenvalue weighted by Gasteiger charge is 2.62. The first-order valence-electron chi connectivity index (χ1n) is 13.9. The molecule has 24 heteroatoms. The molecule has 21 nitrogen and oxygen atoms in total. The molecule has 0 aromatic carbocycles. The van der Waals surface area contributed by atoms with Gasteiger partial charge in [0.15, 0.2) is 18.3 Å². The fraction of sp³-hybridized carbons (Fsp3) is 0.857. The van der Waals surface area contributed by atoms with Crippen molar-refractivity contribution in [3.63, 3.8) is 0 Å². The second-order valence-corrected chi connectivity index (χ2v) is 13.2. The number of unbranched alkanes of at least 4 members (excludes halogenated alkanes) is 3. The lowest BCUT2D eigenvalue weighted by molar-refractivity contribution is -0.211. The fourth-order valence-corrected chi connectivity index (χ4v) is 5.63. The topological polar surface area (TPSA) is 315 Å². The van der Waals surface area contributed by atoms with E-state index in [-0.39, 0.29) is 19.6 Å². The summed E-state index contributed by atoms with van der Waals surface area (Å²) in [6.07, 6.45) is -15.5. The summed E-state index contributed by atoms with van der Waals surface area (Å²) in [6.45, 7) is 5.44. The van der Waals surface area contributed by atoms with Crippen LogP contribution in [-0.4, -0.2) is 104 Å². The van der Waals surface area contributed by atoms with Gasteiger partial charge in [0, 0.05) is 19.6 Å². The predicted molar refractivity (Wildman–Crippen MR) is 150 cm³/mol. The standard InChI is InChI=1S/C21H42N3O18P3/c1-4-7-10-22-19(25)37-13-14(38-20(26)23-11-8-5-2)16(40-43(28,29)30)18(42-45(34,35)36)17(41-44(31,32)33)15(13)39-21(27)24-12-9-6-3/h13-18H,4-12H2,1-3H3,(H,22,25)(H,23,26)(H,24,27)(H2,28,29,30)(H2,31,32,33)(H2,34,35,36)/t13-,14-,15+,16-,17-,18-/m0/s1. The van der Waals surface area contributed by atoms with Crippen LogP contribution in [0.5, 0.6) is 0 Å². The van der Waals surface area contributed by atoms with Gasteiger partial charge in [-0.25, -0.2) is 28.1 Å². The smallest absolute Gasteiger partial charge is 0.439 e. The number of nitrogens with one attached hydrogen (secondary N) is 3. The summed E-state index contributed by atoms with van der Waals surface area (Å²) in [5.74, 6) is 0. The number of carbonyl (C=O) groups excluding carboxylic acids is 3. The molecule has 9 N–H and O–H groups in total. The van der Waals surface area contributed by atoms with Crippen LogP contribution in [0.15, 0.2) is 0 Å². The van der Waals surface area contributed by atoms with Gasteiger partial charge < -0.3 is 59.5 Å². The molecule has 0 heterocycles. The summed E-state index contributed by atoms with van der Waals surface area (Å²) in [5.41, 5.74) is 0. The molecule has 0 radical (unpaired) electrons. The number of ether oxygens (including phenoxy) is 3. The van der Waals surface area contributed by atoms with Gasteiger partial charge in [-0.1, -0.05) is 40.0 Å². The van der Waals surface area contributed by atoms with Crippen molar-refractivity contribution >= 4 is 41.7 Å². The zero-order valence-electron chi connectivity index (χ0n) is 24.8. The number of hydrogen-bond acceptors (Lipinski definition) is 12. The molecule has 3 amide bonds. The van der Waals surface area contributed by atoms with Gasteiger partial charge in [-0.15, -0.1) is 0 Å². The number of hydrogen-bond donors (Lipinski definition) is 9. The summed E-state index contributed by atoms with van der Waals surface area (Å²) in [5, 5.41) is 6.91. The van der Waals surface area contributed by atoms with E-state index in [1.165, 1.54) is 0 Å². The Bertz CT molecular complexity index is 1040. The Morgan fingerprint density at radius 1 is 0.489 bits per heavy atom. The third-order valence-corrected chi connectivity index (χ3v) is 7.40. The molecule has 264 valence electrons. The number of alkyl carbamates (subject to hydrolysis) is 3. The highest BCUT2D eigenvalue weighted by Crippen LogP contribution is 2.51. The van der Waals surface area contributed by atoms with Crippen LogP contribution in [-0.2, 0) is 41.5 Å². The molecule has 1 fully saturated rings. The second-order valence-electron chi connectivity index (χ2n) is 9.63. The van der Waals surface area contributed by atoms with Crippen LogP contribution in [0.1, 0.15) is 59.3 Å². The van der Waals surface area contributed by atoms with Crippen LogP contribution in [0.4, 0.5) is 14.4 Å². The molecule has 0 bridgehead atoms. The number of phosphoric ester groups is 3. The molecular formula is C21H42N3O18P3. The fourth-order valence-electron chi connectivity index (χ4n) is 3.96. The molecule has 1 aliphatic rings. The van der Waals surface area contributed by atoms with Crippen molar-refractivity contribution < 1.29 is 85.2 Å². The summed E-state index contributed by atoms with van der Waals surface area (Å²) in [6, 6.07) is 0. The normalized spacial score (nSPS) is 23.9. The lowest BCUT2D eigenvalue weighted by Gasteiger charge is -2.47. The van der Waals surface area contributed by atoms with Crippen molar-refractivity contribution in [1.82, 2.24) is 16.0 Å². The zero-order chi connectivity index (χ0) is 34.4. The SMILES string of the molecule is CCCCNC(=O)O[C@@H]1[C@@H](OC(=O)NCCCC)[C@H](OP(=O)(O)O)[C@@H](OP(=O)(O)O)[C@@H](OP(=O)(O)O)[C@H]1OC(=O)NCCCC. The molecule has 45 heavy (non-hydrogen) atoms. The largest absolute Gasteiger partial charge is 0.470 e. The summed E-state index contributed by atoms with van der Waals surface area (Å²) in [4.78, 5) is 96.1. The second kappa shape index (κ2) is 19.1. The minimum absolute atomic E-state index is 0.0151. The molecule has 1 rings (SSSR count). The maximum absolute atomic E-state index is 12.8. The van der Waals surface area contributed by atoms with E-state index in [0.29, 0.717) is 38.5 Å². The molecule has 0 aromatic rings. The van der Waals surface area contributed by atoms with E-state index >= 15 is 0 Å². The Hall–Kier alpha value is -1.86. The van der Waals surface area contributed by atoms with Gasteiger partial charge in [0.25, 0.3) is 0 Å². The Kier molecular flexibility index (Phi) is 17.5. The number of carbonyl (C=O) groups is 3. The monoisotopic (exact) mass is 717 g/mol. The van der Waals surface area contributed by atoms with E-state index in [9.17, 15) is 57.4 Å². The molecule has 1 saturated carbocycles.